The van der Waals surface area contributed by atoms with Crippen molar-refractivity contribution in [3.63, 3.8) is 0 Å². The first-order valence-corrected chi connectivity index (χ1v) is 7.24. The first-order valence-electron chi connectivity index (χ1n) is 7.24. The predicted octanol–water partition coefficient (Wildman–Crippen LogP) is 1.80. The van der Waals surface area contributed by atoms with Gasteiger partial charge in [0, 0.05) is 24.2 Å². The van der Waals surface area contributed by atoms with Crippen LogP contribution in [0.2, 0.25) is 0 Å². The number of rotatable bonds is 5. The van der Waals surface area contributed by atoms with E-state index in [1.807, 2.05) is 0 Å². The molecular formula is C16H20N2O4. The van der Waals surface area contributed by atoms with Gasteiger partial charge in [0.05, 0.1) is 5.41 Å². The zero-order valence-electron chi connectivity index (χ0n) is 12.7. The molecule has 0 aromatic heterocycles. The highest BCUT2D eigenvalue weighted by atomic mass is 16.4. The first-order chi connectivity index (χ1) is 10.3. The van der Waals surface area contributed by atoms with Crippen molar-refractivity contribution in [1.29, 1.82) is 0 Å². The summed E-state index contributed by atoms with van der Waals surface area (Å²) in [6.07, 6.45) is 1.40. The van der Waals surface area contributed by atoms with E-state index in [2.05, 4.69) is 10.6 Å². The summed E-state index contributed by atoms with van der Waals surface area (Å²) in [5.74, 6) is -1.13. The SMILES string of the molecule is CC(C)(CCNC(=O)c1ccc2c(c1)CCC(=O)N2)C(=O)O. The number of amides is 2. The average Bonchev–Trinajstić information content (AvgIpc) is 2.46. The lowest BCUT2D eigenvalue weighted by atomic mass is 9.89. The van der Waals surface area contributed by atoms with Crippen molar-refractivity contribution in [3.8, 4) is 0 Å². The molecule has 2 amide bonds. The fraction of sp³-hybridized carbons (Fsp3) is 0.438. The van der Waals surface area contributed by atoms with Crippen LogP contribution in [-0.2, 0) is 16.0 Å². The van der Waals surface area contributed by atoms with Gasteiger partial charge in [-0.3, -0.25) is 14.4 Å². The summed E-state index contributed by atoms with van der Waals surface area (Å²) >= 11 is 0. The van der Waals surface area contributed by atoms with E-state index in [1.165, 1.54) is 0 Å². The third-order valence-corrected chi connectivity index (χ3v) is 3.88. The Labute approximate surface area is 128 Å². The molecule has 0 atom stereocenters. The van der Waals surface area contributed by atoms with E-state index >= 15 is 0 Å². The van der Waals surface area contributed by atoms with Crippen LogP contribution in [0.15, 0.2) is 18.2 Å². The summed E-state index contributed by atoms with van der Waals surface area (Å²) in [6.45, 7) is 3.55. The van der Waals surface area contributed by atoms with Crippen molar-refractivity contribution in [2.75, 3.05) is 11.9 Å². The van der Waals surface area contributed by atoms with Gasteiger partial charge in [0.2, 0.25) is 5.91 Å². The Morgan fingerprint density at radius 1 is 1.32 bits per heavy atom. The van der Waals surface area contributed by atoms with Crippen molar-refractivity contribution in [1.82, 2.24) is 5.32 Å². The van der Waals surface area contributed by atoms with Crippen LogP contribution >= 0.6 is 0 Å². The Kier molecular flexibility index (Phi) is 4.49. The molecule has 2 rings (SSSR count). The molecule has 1 aliphatic rings. The first kappa shape index (κ1) is 16.0. The highest BCUT2D eigenvalue weighted by Crippen LogP contribution is 2.24. The van der Waals surface area contributed by atoms with Gasteiger partial charge in [-0.15, -0.1) is 0 Å². The standard InChI is InChI=1S/C16H20N2O4/c1-16(2,15(21)22)7-8-17-14(20)11-3-5-12-10(9-11)4-6-13(19)18-12/h3,5,9H,4,6-8H2,1-2H3,(H,17,20)(H,18,19)(H,21,22). The average molecular weight is 304 g/mol. The van der Waals surface area contributed by atoms with E-state index in [0.29, 0.717) is 31.4 Å². The Morgan fingerprint density at radius 2 is 2.05 bits per heavy atom. The molecule has 0 aliphatic carbocycles. The predicted molar refractivity (Wildman–Crippen MR) is 81.8 cm³/mol. The van der Waals surface area contributed by atoms with Crippen molar-refractivity contribution >= 4 is 23.5 Å². The second kappa shape index (κ2) is 6.17. The maximum Gasteiger partial charge on any atom is 0.309 e. The largest absolute Gasteiger partial charge is 0.481 e. The lowest BCUT2D eigenvalue weighted by Gasteiger charge is -2.19. The summed E-state index contributed by atoms with van der Waals surface area (Å²) in [4.78, 5) is 34.4. The minimum atomic E-state index is -0.883. The van der Waals surface area contributed by atoms with E-state index in [-0.39, 0.29) is 11.8 Å². The molecule has 1 aromatic rings. The van der Waals surface area contributed by atoms with Gasteiger partial charge < -0.3 is 15.7 Å². The maximum atomic E-state index is 12.1. The lowest BCUT2D eigenvalue weighted by Crippen LogP contribution is -2.32. The maximum absolute atomic E-state index is 12.1. The third-order valence-electron chi connectivity index (χ3n) is 3.88. The lowest BCUT2D eigenvalue weighted by molar-refractivity contribution is -0.147. The number of benzene rings is 1. The van der Waals surface area contributed by atoms with Crippen LogP contribution in [0.3, 0.4) is 0 Å². The summed E-state index contributed by atoms with van der Waals surface area (Å²) in [5.41, 5.74) is 1.34. The van der Waals surface area contributed by atoms with Gasteiger partial charge in [0.15, 0.2) is 0 Å². The highest BCUT2D eigenvalue weighted by Gasteiger charge is 2.26. The topological polar surface area (TPSA) is 95.5 Å². The van der Waals surface area contributed by atoms with E-state index in [9.17, 15) is 14.4 Å². The number of aliphatic carboxylic acids is 1. The molecule has 0 radical (unpaired) electrons. The molecule has 0 fully saturated rings. The van der Waals surface area contributed by atoms with Gasteiger partial charge in [-0.05, 0) is 50.5 Å². The van der Waals surface area contributed by atoms with Crippen LogP contribution in [0.1, 0.15) is 42.6 Å². The Bertz CT molecular complexity index is 623. The summed E-state index contributed by atoms with van der Waals surface area (Å²) in [5, 5.41) is 14.5. The van der Waals surface area contributed by atoms with E-state index < -0.39 is 11.4 Å². The van der Waals surface area contributed by atoms with Crippen LogP contribution in [0, 0.1) is 5.41 Å². The molecule has 1 aromatic carbocycles. The van der Waals surface area contributed by atoms with E-state index in [1.54, 1.807) is 32.0 Å². The number of carboxylic acids is 1. The number of nitrogens with one attached hydrogen (secondary N) is 2. The molecule has 0 spiro atoms. The van der Waals surface area contributed by atoms with Gasteiger partial charge in [0.1, 0.15) is 0 Å². The van der Waals surface area contributed by atoms with Gasteiger partial charge >= 0.3 is 5.97 Å². The number of anilines is 1. The van der Waals surface area contributed by atoms with Crippen molar-refractivity contribution in [2.24, 2.45) is 5.41 Å². The molecule has 3 N–H and O–H groups in total. The minimum Gasteiger partial charge on any atom is -0.481 e. The van der Waals surface area contributed by atoms with Crippen LogP contribution in [0.25, 0.3) is 0 Å². The second-order valence-electron chi connectivity index (χ2n) is 6.12. The van der Waals surface area contributed by atoms with Crippen molar-refractivity contribution in [2.45, 2.75) is 33.1 Å². The van der Waals surface area contributed by atoms with Crippen LogP contribution < -0.4 is 10.6 Å². The molecule has 22 heavy (non-hydrogen) atoms. The molecule has 0 unspecified atom stereocenters. The van der Waals surface area contributed by atoms with Gasteiger partial charge in [-0.1, -0.05) is 0 Å². The Morgan fingerprint density at radius 3 is 2.73 bits per heavy atom. The highest BCUT2D eigenvalue weighted by molar-refractivity contribution is 5.97. The molecule has 0 saturated heterocycles. The van der Waals surface area contributed by atoms with Crippen LogP contribution in [0.5, 0.6) is 0 Å². The summed E-state index contributed by atoms with van der Waals surface area (Å²) < 4.78 is 0. The number of carbonyl (C=O) groups excluding carboxylic acids is 2. The van der Waals surface area contributed by atoms with Gasteiger partial charge in [-0.2, -0.15) is 0 Å². The summed E-state index contributed by atoms with van der Waals surface area (Å²) in [6, 6.07) is 5.15. The molecule has 6 heteroatoms. The number of carboxylic acid groups (broad SMARTS) is 1. The molecule has 118 valence electrons. The molecule has 6 nitrogen and oxygen atoms in total. The number of hydrogen-bond acceptors (Lipinski definition) is 3. The minimum absolute atomic E-state index is 0.0133. The second-order valence-corrected chi connectivity index (χ2v) is 6.12. The molecule has 0 bridgehead atoms. The third kappa shape index (κ3) is 3.63. The number of fused-ring (bicyclic) bond motifs is 1. The smallest absolute Gasteiger partial charge is 0.309 e. The zero-order valence-corrected chi connectivity index (χ0v) is 12.7. The quantitative estimate of drug-likeness (QED) is 0.773. The monoisotopic (exact) mass is 304 g/mol. The fourth-order valence-corrected chi connectivity index (χ4v) is 2.22. The van der Waals surface area contributed by atoms with Gasteiger partial charge in [0.25, 0.3) is 5.91 Å². The Hall–Kier alpha value is -2.37. The summed E-state index contributed by atoms with van der Waals surface area (Å²) in [7, 11) is 0. The van der Waals surface area contributed by atoms with Crippen molar-refractivity contribution < 1.29 is 19.5 Å². The van der Waals surface area contributed by atoms with Crippen LogP contribution in [0.4, 0.5) is 5.69 Å². The molecular weight excluding hydrogens is 284 g/mol. The molecule has 1 aliphatic heterocycles. The van der Waals surface area contributed by atoms with E-state index in [4.69, 9.17) is 5.11 Å². The van der Waals surface area contributed by atoms with E-state index in [0.717, 1.165) is 11.3 Å². The normalized spacial score (nSPS) is 14.0. The molecule has 1 heterocycles. The number of aryl methyl sites for hydroxylation is 1. The molecule has 0 saturated carbocycles. The Balaban J connectivity index is 1.96. The van der Waals surface area contributed by atoms with Crippen molar-refractivity contribution in [3.05, 3.63) is 29.3 Å². The number of hydrogen-bond donors (Lipinski definition) is 3. The fourth-order valence-electron chi connectivity index (χ4n) is 2.22. The number of carbonyl (C=O) groups is 3. The zero-order chi connectivity index (χ0) is 16.3. The van der Waals surface area contributed by atoms with Crippen LogP contribution in [-0.4, -0.2) is 29.4 Å². The van der Waals surface area contributed by atoms with Gasteiger partial charge in [-0.25, -0.2) is 0 Å².